The Morgan fingerprint density at radius 1 is 0.364 bits per heavy atom. The number of para-hydroxylation sites is 5. The summed E-state index contributed by atoms with van der Waals surface area (Å²) in [4.78, 5) is 4.29. The van der Waals surface area contributed by atoms with E-state index in [4.69, 9.17) is 6.57 Å². The lowest BCUT2D eigenvalue weighted by Gasteiger charge is -2.16. The molecule has 4 heterocycles. The number of hydrogen-bond acceptors (Lipinski definition) is 1. The van der Waals surface area contributed by atoms with Gasteiger partial charge in [-0.1, -0.05) is 127 Å². The van der Waals surface area contributed by atoms with E-state index >= 15 is 0 Å². The van der Waals surface area contributed by atoms with Crippen LogP contribution in [0.5, 0.6) is 0 Å². The molecule has 0 fully saturated rings. The van der Waals surface area contributed by atoms with Gasteiger partial charge < -0.3 is 18.3 Å². The van der Waals surface area contributed by atoms with Gasteiger partial charge in [0, 0.05) is 54.5 Å². The normalized spacial score (nSPS) is 11.9. The lowest BCUT2D eigenvalue weighted by molar-refractivity contribution is 1.14. The first kappa shape index (κ1) is 36.2. The molecule has 0 saturated carbocycles. The number of nitriles is 1. The van der Waals surface area contributed by atoms with Gasteiger partial charge in [-0.05, 0) is 89.6 Å². The van der Waals surface area contributed by atoms with Crippen molar-refractivity contribution in [3.8, 4) is 28.8 Å². The standard InChI is InChI=1S/C60H34N6/c1-62-48-35-56(65-53-31-28-40(34-47(53)58-41-18-6-5-15-37(41)27-30-54(58)65)64-49-23-11-7-19-42(49)43-20-8-12-24-50(43)64)38(36-61)33-57(48)66-51-25-13-9-21-44(51)45-29-32-55-59(60(45)66)46-22-10-14-26-52(46)63(55)39-16-3-2-4-17-39/h2-35H. The summed E-state index contributed by atoms with van der Waals surface area (Å²) in [6, 6.07) is 75.0. The van der Waals surface area contributed by atoms with Gasteiger partial charge in [0.05, 0.1) is 67.6 Å². The van der Waals surface area contributed by atoms with Crippen LogP contribution in [0.3, 0.4) is 0 Å². The average molecular weight is 839 g/mol. The molecule has 0 spiro atoms. The first-order valence-corrected chi connectivity index (χ1v) is 22.1. The molecule has 0 aliphatic heterocycles. The largest absolute Gasteiger partial charge is 0.318 e. The highest BCUT2D eigenvalue weighted by Gasteiger charge is 2.25. The second kappa shape index (κ2) is 13.6. The van der Waals surface area contributed by atoms with Gasteiger partial charge in [-0.2, -0.15) is 5.26 Å². The van der Waals surface area contributed by atoms with Crippen LogP contribution in [-0.2, 0) is 0 Å². The molecule has 14 rings (SSSR count). The van der Waals surface area contributed by atoms with Gasteiger partial charge in [-0.25, -0.2) is 4.85 Å². The van der Waals surface area contributed by atoms with Crippen LogP contribution in [0.2, 0.25) is 0 Å². The van der Waals surface area contributed by atoms with Gasteiger partial charge >= 0.3 is 0 Å². The minimum absolute atomic E-state index is 0.452. The Balaban J connectivity index is 1.07. The van der Waals surface area contributed by atoms with Crippen LogP contribution >= 0.6 is 0 Å². The number of benzene rings is 10. The van der Waals surface area contributed by atoms with Gasteiger partial charge in [0.25, 0.3) is 0 Å². The summed E-state index contributed by atoms with van der Waals surface area (Å²) >= 11 is 0. The monoisotopic (exact) mass is 838 g/mol. The molecule has 6 nitrogen and oxygen atoms in total. The third-order valence-electron chi connectivity index (χ3n) is 13.8. The molecule has 0 saturated heterocycles. The molecule has 66 heavy (non-hydrogen) atoms. The van der Waals surface area contributed by atoms with Crippen LogP contribution in [0.4, 0.5) is 5.69 Å². The highest BCUT2D eigenvalue weighted by atomic mass is 15.0. The maximum Gasteiger partial charge on any atom is 0.212 e. The van der Waals surface area contributed by atoms with E-state index < -0.39 is 0 Å². The zero-order valence-electron chi connectivity index (χ0n) is 35.3. The molecular weight excluding hydrogens is 805 g/mol. The molecule has 0 aliphatic rings. The molecule has 4 aromatic heterocycles. The van der Waals surface area contributed by atoms with E-state index in [2.05, 4.69) is 217 Å². The lowest BCUT2D eigenvalue weighted by atomic mass is 10.0. The molecule has 6 heteroatoms. The molecule has 0 radical (unpaired) electrons. The Hall–Kier alpha value is -9.36. The van der Waals surface area contributed by atoms with Crippen LogP contribution in [0.1, 0.15) is 5.56 Å². The van der Waals surface area contributed by atoms with Crippen molar-refractivity contribution < 1.29 is 0 Å². The molecule has 0 amide bonds. The van der Waals surface area contributed by atoms with Gasteiger partial charge in [0.2, 0.25) is 5.69 Å². The number of fused-ring (bicyclic) bond motifs is 15. The Morgan fingerprint density at radius 2 is 0.894 bits per heavy atom. The minimum atomic E-state index is 0.452. The predicted molar refractivity (Wildman–Crippen MR) is 272 cm³/mol. The fraction of sp³-hybridized carbons (Fsp3) is 0. The van der Waals surface area contributed by atoms with E-state index in [9.17, 15) is 5.26 Å². The van der Waals surface area contributed by atoms with Crippen molar-refractivity contribution in [3.05, 3.63) is 223 Å². The van der Waals surface area contributed by atoms with Gasteiger partial charge in [0.15, 0.2) is 0 Å². The molecule has 0 N–H and O–H groups in total. The van der Waals surface area contributed by atoms with Crippen molar-refractivity contribution in [3.63, 3.8) is 0 Å². The third-order valence-corrected chi connectivity index (χ3v) is 13.8. The average Bonchev–Trinajstić information content (AvgIpc) is 4.11. The molecule has 14 aromatic rings. The molecule has 304 valence electrons. The number of aromatic nitrogens is 4. The van der Waals surface area contributed by atoms with Crippen molar-refractivity contribution in [2.75, 3.05) is 0 Å². The van der Waals surface area contributed by atoms with Crippen LogP contribution in [0.25, 0.3) is 126 Å². The van der Waals surface area contributed by atoms with E-state index in [1.165, 1.54) is 10.8 Å². The minimum Gasteiger partial charge on any atom is -0.318 e. The third kappa shape index (κ3) is 4.82. The molecular formula is C60H34N6. The Kier molecular flexibility index (Phi) is 7.43. The topological polar surface area (TPSA) is 47.9 Å². The van der Waals surface area contributed by atoms with E-state index in [0.29, 0.717) is 22.6 Å². The smallest absolute Gasteiger partial charge is 0.212 e. The van der Waals surface area contributed by atoms with Crippen LogP contribution < -0.4 is 0 Å². The second-order valence-corrected chi connectivity index (χ2v) is 17.1. The maximum absolute atomic E-state index is 11.3. The van der Waals surface area contributed by atoms with Crippen LogP contribution in [0, 0.1) is 17.9 Å². The van der Waals surface area contributed by atoms with Crippen molar-refractivity contribution in [2.45, 2.75) is 0 Å². The van der Waals surface area contributed by atoms with Crippen molar-refractivity contribution in [1.29, 1.82) is 5.26 Å². The molecule has 0 aliphatic carbocycles. The van der Waals surface area contributed by atoms with Crippen LogP contribution in [-0.4, -0.2) is 18.3 Å². The van der Waals surface area contributed by atoms with Crippen molar-refractivity contribution in [2.24, 2.45) is 0 Å². The van der Waals surface area contributed by atoms with E-state index in [1.807, 2.05) is 18.2 Å². The Labute approximate surface area is 377 Å². The Morgan fingerprint density at radius 3 is 1.59 bits per heavy atom. The summed E-state index contributed by atoms with van der Waals surface area (Å²) < 4.78 is 9.10. The fourth-order valence-electron chi connectivity index (χ4n) is 11.1. The first-order chi connectivity index (χ1) is 32.7. The van der Waals surface area contributed by atoms with Crippen molar-refractivity contribution >= 4 is 104 Å². The number of hydrogen-bond donors (Lipinski definition) is 0. The summed E-state index contributed by atoms with van der Waals surface area (Å²) in [5, 5.41) is 22.5. The summed E-state index contributed by atoms with van der Waals surface area (Å²) in [7, 11) is 0. The van der Waals surface area contributed by atoms with Gasteiger partial charge in [-0.15, -0.1) is 0 Å². The van der Waals surface area contributed by atoms with E-state index in [1.54, 1.807) is 0 Å². The molecule has 0 unspecified atom stereocenters. The maximum atomic E-state index is 11.3. The summed E-state index contributed by atoms with van der Waals surface area (Å²) in [6.07, 6.45) is 0. The van der Waals surface area contributed by atoms with Crippen molar-refractivity contribution in [1.82, 2.24) is 18.3 Å². The zero-order valence-corrected chi connectivity index (χ0v) is 35.3. The summed E-state index contributed by atoms with van der Waals surface area (Å²) in [5.74, 6) is 0. The number of rotatable bonds is 4. The van der Waals surface area contributed by atoms with E-state index in [0.717, 1.165) is 98.6 Å². The summed E-state index contributed by atoms with van der Waals surface area (Å²) in [5.41, 5.74) is 12.7. The first-order valence-electron chi connectivity index (χ1n) is 22.1. The van der Waals surface area contributed by atoms with Gasteiger partial charge in [-0.3, -0.25) is 0 Å². The highest BCUT2D eigenvalue weighted by Crippen LogP contribution is 2.46. The zero-order chi connectivity index (χ0) is 43.6. The van der Waals surface area contributed by atoms with E-state index in [-0.39, 0.29) is 0 Å². The number of nitrogens with zero attached hydrogens (tertiary/aromatic N) is 6. The van der Waals surface area contributed by atoms with Gasteiger partial charge in [0.1, 0.15) is 6.07 Å². The SMILES string of the molecule is [C-]#[N+]c1cc(-n2c3ccc(-n4c5ccccc5c5ccccc54)cc3c3c4ccccc4ccc32)c(C#N)cc1-n1c2ccccc2c2ccc3c(c4ccccc4n3-c3ccccc3)c21. The molecule has 10 aromatic carbocycles. The second-order valence-electron chi connectivity index (χ2n) is 17.1. The summed E-state index contributed by atoms with van der Waals surface area (Å²) in [6.45, 7) is 8.85. The quantitative estimate of drug-likeness (QED) is 0.163. The predicted octanol–water partition coefficient (Wildman–Crippen LogP) is 15.7. The molecule has 0 atom stereocenters. The van der Waals surface area contributed by atoms with Crippen LogP contribution in [0.15, 0.2) is 206 Å². The Bertz CT molecular complexity index is 4430. The fourth-order valence-corrected chi connectivity index (χ4v) is 11.1. The highest BCUT2D eigenvalue weighted by molar-refractivity contribution is 6.27. The lowest BCUT2D eigenvalue weighted by Crippen LogP contribution is -2.02. The molecule has 0 bridgehead atoms.